The highest BCUT2D eigenvalue weighted by molar-refractivity contribution is 9.10. The normalized spacial score (nSPS) is 10.6. The lowest BCUT2D eigenvalue weighted by atomic mass is 10.1. The first-order valence-corrected chi connectivity index (χ1v) is 7.91. The summed E-state index contributed by atoms with van der Waals surface area (Å²) in [6.45, 7) is 1.65. The molecule has 2 aromatic rings. The molecule has 2 aromatic carbocycles. The maximum atomic E-state index is 11.9. The zero-order chi connectivity index (χ0) is 17.5. The Morgan fingerprint density at radius 2 is 2.00 bits per heavy atom. The van der Waals surface area contributed by atoms with Gasteiger partial charge in [-0.25, -0.2) is 5.43 Å². The minimum atomic E-state index is -0.474. The van der Waals surface area contributed by atoms with Gasteiger partial charge in [-0.1, -0.05) is 18.2 Å². The number of aryl methyl sites for hydroxylation is 1. The van der Waals surface area contributed by atoms with Gasteiger partial charge in [0.15, 0.2) is 0 Å². The number of hydrogen-bond acceptors (Lipinski definition) is 4. The summed E-state index contributed by atoms with van der Waals surface area (Å²) in [4.78, 5) is 23.6. The van der Waals surface area contributed by atoms with Gasteiger partial charge in [-0.05, 0) is 52.7 Å². The Hall–Kier alpha value is -2.67. The van der Waals surface area contributed by atoms with Crippen molar-refractivity contribution in [1.82, 2.24) is 10.7 Å². The molecule has 0 heterocycles. The molecule has 2 amide bonds. The molecule has 124 valence electrons. The van der Waals surface area contributed by atoms with E-state index in [0.29, 0.717) is 15.6 Å². The van der Waals surface area contributed by atoms with Crippen molar-refractivity contribution in [2.75, 3.05) is 6.54 Å². The standard InChI is InChI=1S/C17H16BrN3O3/c1-11-6-7-12(15(22)8-11)9-20-21-16(23)10-19-17(24)13-4-2-3-5-14(13)18/h2-9,22H,10H2,1H3,(H,19,24)(H,21,23)/b20-9-. The first-order chi connectivity index (χ1) is 11.5. The molecule has 0 atom stereocenters. The van der Waals surface area contributed by atoms with Crippen LogP contribution in [0.3, 0.4) is 0 Å². The maximum Gasteiger partial charge on any atom is 0.259 e. The number of phenols is 1. The summed E-state index contributed by atoms with van der Waals surface area (Å²) in [5.74, 6) is -0.758. The maximum absolute atomic E-state index is 11.9. The van der Waals surface area contributed by atoms with Gasteiger partial charge in [0.1, 0.15) is 5.75 Å². The molecule has 0 radical (unpaired) electrons. The van der Waals surface area contributed by atoms with E-state index < -0.39 is 5.91 Å². The quantitative estimate of drug-likeness (QED) is 0.541. The molecule has 0 aromatic heterocycles. The molecule has 6 nitrogen and oxygen atoms in total. The summed E-state index contributed by atoms with van der Waals surface area (Å²) in [7, 11) is 0. The number of carbonyl (C=O) groups is 2. The van der Waals surface area contributed by atoms with Crippen LogP contribution in [0.5, 0.6) is 5.75 Å². The number of nitrogens with one attached hydrogen (secondary N) is 2. The van der Waals surface area contributed by atoms with Gasteiger partial charge in [-0.3, -0.25) is 9.59 Å². The largest absolute Gasteiger partial charge is 0.507 e. The predicted molar refractivity (Wildman–Crippen MR) is 95.1 cm³/mol. The van der Waals surface area contributed by atoms with Crippen molar-refractivity contribution in [3.8, 4) is 5.75 Å². The van der Waals surface area contributed by atoms with Gasteiger partial charge in [0.05, 0.1) is 18.3 Å². The SMILES string of the molecule is Cc1ccc(/C=N\NC(=O)CNC(=O)c2ccccc2Br)c(O)c1. The number of benzene rings is 2. The van der Waals surface area contributed by atoms with Gasteiger partial charge < -0.3 is 10.4 Å². The predicted octanol–water partition coefficient (Wildman–Crippen LogP) is 2.34. The fraction of sp³-hybridized carbons (Fsp3) is 0.118. The number of halogens is 1. The summed E-state index contributed by atoms with van der Waals surface area (Å²) >= 11 is 3.27. The van der Waals surface area contributed by atoms with Crippen molar-refractivity contribution in [3.05, 3.63) is 63.6 Å². The van der Waals surface area contributed by atoms with Crippen LogP contribution >= 0.6 is 15.9 Å². The Labute approximate surface area is 147 Å². The van der Waals surface area contributed by atoms with Gasteiger partial charge in [0.2, 0.25) is 0 Å². The molecule has 0 saturated heterocycles. The molecule has 0 fully saturated rings. The number of amides is 2. The third-order valence-electron chi connectivity index (χ3n) is 3.11. The molecule has 0 aliphatic carbocycles. The van der Waals surface area contributed by atoms with Crippen LogP contribution in [0.25, 0.3) is 0 Å². The van der Waals surface area contributed by atoms with Crippen molar-refractivity contribution >= 4 is 34.0 Å². The minimum absolute atomic E-state index is 0.0789. The molecule has 0 aliphatic rings. The smallest absolute Gasteiger partial charge is 0.259 e. The zero-order valence-electron chi connectivity index (χ0n) is 12.9. The highest BCUT2D eigenvalue weighted by Gasteiger charge is 2.10. The number of phenolic OH excluding ortho intramolecular Hbond substituents is 1. The summed E-state index contributed by atoms with van der Waals surface area (Å²) in [5.41, 5.74) is 4.13. The topological polar surface area (TPSA) is 90.8 Å². The summed E-state index contributed by atoms with van der Waals surface area (Å²) in [6.07, 6.45) is 1.34. The van der Waals surface area contributed by atoms with Crippen LogP contribution < -0.4 is 10.7 Å². The van der Waals surface area contributed by atoms with Gasteiger partial charge in [-0.2, -0.15) is 5.10 Å². The van der Waals surface area contributed by atoms with Gasteiger partial charge in [0, 0.05) is 10.0 Å². The van der Waals surface area contributed by atoms with Crippen LogP contribution in [-0.4, -0.2) is 29.7 Å². The number of hydrogen-bond donors (Lipinski definition) is 3. The lowest BCUT2D eigenvalue weighted by Gasteiger charge is -2.06. The van der Waals surface area contributed by atoms with E-state index in [9.17, 15) is 14.7 Å². The fourth-order valence-electron chi connectivity index (χ4n) is 1.88. The van der Waals surface area contributed by atoms with Crippen LogP contribution in [0.15, 0.2) is 52.0 Å². The van der Waals surface area contributed by atoms with Crippen molar-refractivity contribution < 1.29 is 14.7 Å². The van der Waals surface area contributed by atoms with Crippen molar-refractivity contribution in [3.63, 3.8) is 0 Å². The average molecular weight is 390 g/mol. The molecule has 7 heteroatoms. The fourth-order valence-corrected chi connectivity index (χ4v) is 2.34. The Kier molecular flexibility index (Phi) is 6.08. The monoisotopic (exact) mass is 389 g/mol. The van der Waals surface area contributed by atoms with Gasteiger partial charge in [-0.15, -0.1) is 0 Å². The molecular formula is C17H16BrN3O3. The molecule has 0 unspecified atom stereocenters. The molecule has 0 bridgehead atoms. The molecule has 0 spiro atoms. The second-order valence-corrected chi connectivity index (χ2v) is 5.87. The number of aromatic hydroxyl groups is 1. The third-order valence-corrected chi connectivity index (χ3v) is 3.80. The van der Waals surface area contributed by atoms with Crippen LogP contribution in [-0.2, 0) is 4.79 Å². The highest BCUT2D eigenvalue weighted by atomic mass is 79.9. The van der Waals surface area contributed by atoms with E-state index in [1.54, 1.807) is 36.4 Å². The van der Waals surface area contributed by atoms with E-state index in [1.807, 2.05) is 13.0 Å². The molecular weight excluding hydrogens is 374 g/mol. The Balaban J connectivity index is 1.84. The summed E-state index contributed by atoms with van der Waals surface area (Å²) in [5, 5.41) is 16.0. The molecule has 0 aliphatic heterocycles. The zero-order valence-corrected chi connectivity index (χ0v) is 14.5. The van der Waals surface area contributed by atoms with E-state index in [-0.39, 0.29) is 18.2 Å². The number of rotatable bonds is 5. The Morgan fingerprint density at radius 1 is 1.25 bits per heavy atom. The number of hydrazone groups is 1. The van der Waals surface area contributed by atoms with E-state index in [2.05, 4.69) is 31.8 Å². The number of carbonyl (C=O) groups excluding carboxylic acids is 2. The van der Waals surface area contributed by atoms with Gasteiger partial charge in [0.25, 0.3) is 11.8 Å². The van der Waals surface area contributed by atoms with E-state index in [1.165, 1.54) is 6.21 Å². The molecule has 24 heavy (non-hydrogen) atoms. The van der Waals surface area contributed by atoms with Crippen LogP contribution in [0.1, 0.15) is 21.5 Å². The van der Waals surface area contributed by atoms with Gasteiger partial charge >= 0.3 is 0 Å². The Morgan fingerprint density at radius 3 is 2.71 bits per heavy atom. The first-order valence-electron chi connectivity index (χ1n) is 7.11. The van der Waals surface area contributed by atoms with Crippen LogP contribution in [0.2, 0.25) is 0 Å². The van der Waals surface area contributed by atoms with Crippen molar-refractivity contribution in [2.24, 2.45) is 5.10 Å². The van der Waals surface area contributed by atoms with E-state index >= 15 is 0 Å². The second-order valence-electron chi connectivity index (χ2n) is 5.02. The van der Waals surface area contributed by atoms with Crippen molar-refractivity contribution in [2.45, 2.75) is 6.92 Å². The van der Waals surface area contributed by atoms with E-state index in [0.717, 1.165) is 5.56 Å². The first kappa shape index (κ1) is 17.7. The van der Waals surface area contributed by atoms with Crippen LogP contribution in [0, 0.1) is 6.92 Å². The summed E-state index contributed by atoms with van der Waals surface area (Å²) in [6, 6.07) is 12.0. The van der Waals surface area contributed by atoms with Crippen molar-refractivity contribution in [1.29, 1.82) is 0 Å². The molecule has 3 N–H and O–H groups in total. The highest BCUT2D eigenvalue weighted by Crippen LogP contribution is 2.16. The van der Waals surface area contributed by atoms with Crippen LogP contribution in [0.4, 0.5) is 0 Å². The minimum Gasteiger partial charge on any atom is -0.507 e. The second kappa shape index (κ2) is 8.26. The van der Waals surface area contributed by atoms with E-state index in [4.69, 9.17) is 0 Å². The molecule has 2 rings (SSSR count). The average Bonchev–Trinajstić information content (AvgIpc) is 2.55. The molecule has 0 saturated carbocycles. The number of nitrogens with zero attached hydrogens (tertiary/aromatic N) is 1. The summed E-state index contributed by atoms with van der Waals surface area (Å²) < 4.78 is 0.649. The lowest BCUT2D eigenvalue weighted by molar-refractivity contribution is -0.120. The Bertz CT molecular complexity index is 790. The third kappa shape index (κ3) is 4.92. The lowest BCUT2D eigenvalue weighted by Crippen LogP contribution is -2.35.